The molecular weight excluding hydrogens is 480 g/mol. The molecule has 24 heavy (non-hydrogen) atoms. The summed E-state index contributed by atoms with van der Waals surface area (Å²) in [5.74, 6) is 2.85. The Morgan fingerprint density at radius 1 is 1.46 bits per heavy atom. The van der Waals surface area contributed by atoms with Crippen LogP contribution in [0.2, 0.25) is 5.02 Å². The standard InChI is InChI=1S/C16H10BrClF2NO2.Y/c1-2-7-23-10-3-4-11(12(17)8-10)14-6-5-13(18)16(22)21(14)9-15(19)20;/h1,3-5,8,15H,7,9H2;/q-1;. The van der Waals surface area contributed by atoms with Crippen molar-refractivity contribution in [3.05, 3.63) is 50.2 Å². The predicted octanol–water partition coefficient (Wildman–Crippen LogP) is 4.01. The number of pyridine rings is 1. The summed E-state index contributed by atoms with van der Waals surface area (Å²) in [6.07, 6.45) is 2.42. The number of halogens is 4. The molecule has 3 nitrogen and oxygen atoms in total. The van der Waals surface area contributed by atoms with Gasteiger partial charge in [0, 0.05) is 37.7 Å². The van der Waals surface area contributed by atoms with Crippen LogP contribution in [0, 0.1) is 18.4 Å². The topological polar surface area (TPSA) is 31.2 Å². The smallest absolute Gasteiger partial charge is 0.256 e. The molecule has 1 aromatic heterocycles. The van der Waals surface area contributed by atoms with Crippen molar-refractivity contribution in [2.45, 2.75) is 13.0 Å². The molecule has 123 valence electrons. The van der Waals surface area contributed by atoms with E-state index in [0.717, 1.165) is 4.57 Å². The van der Waals surface area contributed by atoms with Crippen molar-refractivity contribution in [2.75, 3.05) is 6.61 Å². The Bertz CT molecular complexity index is 821. The van der Waals surface area contributed by atoms with Crippen molar-refractivity contribution in [3.63, 3.8) is 0 Å². The van der Waals surface area contributed by atoms with Crippen LogP contribution in [0.4, 0.5) is 8.78 Å². The number of rotatable bonds is 5. The van der Waals surface area contributed by atoms with E-state index in [1.165, 1.54) is 6.07 Å². The van der Waals surface area contributed by atoms with Crippen LogP contribution < -0.4 is 10.3 Å². The van der Waals surface area contributed by atoms with Crippen LogP contribution in [0.3, 0.4) is 0 Å². The molecule has 0 saturated carbocycles. The first kappa shape index (κ1) is 21.3. The van der Waals surface area contributed by atoms with Gasteiger partial charge in [0.1, 0.15) is 12.4 Å². The summed E-state index contributed by atoms with van der Waals surface area (Å²) in [4.78, 5) is 12.0. The SMILES string of the molecule is C#CCOc1ccc(-c2[c-]cc(Cl)c(=O)n2CC(F)F)c(Br)c1.[Y]. The minimum atomic E-state index is -2.70. The Kier molecular flexibility index (Phi) is 8.59. The molecule has 0 aliphatic rings. The zero-order valence-electron chi connectivity index (χ0n) is 12.2. The maximum Gasteiger partial charge on any atom is 0.256 e. The van der Waals surface area contributed by atoms with Gasteiger partial charge in [-0.2, -0.15) is 23.7 Å². The molecule has 0 saturated heterocycles. The Balaban J connectivity index is 0.00000288. The fourth-order valence-corrected chi connectivity index (χ4v) is 2.64. The Morgan fingerprint density at radius 3 is 2.75 bits per heavy atom. The summed E-state index contributed by atoms with van der Waals surface area (Å²) >= 11 is 9.05. The Hall–Kier alpha value is -0.736. The molecule has 0 aliphatic carbocycles. The molecule has 0 fully saturated rings. The number of terminal acetylenes is 1. The van der Waals surface area contributed by atoms with Crippen molar-refractivity contribution < 1.29 is 46.2 Å². The van der Waals surface area contributed by atoms with Crippen molar-refractivity contribution in [1.82, 2.24) is 4.57 Å². The summed E-state index contributed by atoms with van der Waals surface area (Å²) in [6.45, 7) is -0.665. The second-order valence-electron chi connectivity index (χ2n) is 4.43. The molecule has 1 aromatic carbocycles. The largest absolute Gasteiger partial charge is 0.481 e. The van der Waals surface area contributed by atoms with E-state index in [4.69, 9.17) is 22.8 Å². The Morgan fingerprint density at radius 2 is 2.17 bits per heavy atom. The van der Waals surface area contributed by atoms with E-state index in [9.17, 15) is 13.6 Å². The average Bonchev–Trinajstić information content (AvgIpc) is 2.50. The van der Waals surface area contributed by atoms with Gasteiger partial charge >= 0.3 is 0 Å². The molecule has 0 atom stereocenters. The minimum absolute atomic E-state index is 0. The first-order valence-electron chi connectivity index (χ1n) is 6.39. The van der Waals surface area contributed by atoms with E-state index in [1.807, 2.05) is 0 Å². The van der Waals surface area contributed by atoms with Gasteiger partial charge in [0.15, 0.2) is 0 Å². The molecule has 0 spiro atoms. The third kappa shape index (κ3) is 5.13. The molecule has 0 amide bonds. The summed E-state index contributed by atoms with van der Waals surface area (Å²) in [7, 11) is 0. The van der Waals surface area contributed by atoms with Crippen LogP contribution in [-0.2, 0) is 39.3 Å². The van der Waals surface area contributed by atoms with Gasteiger partial charge in [0.2, 0.25) is 5.56 Å². The normalized spacial score (nSPS) is 10.2. The maximum atomic E-state index is 12.8. The first-order chi connectivity index (χ1) is 10.9. The molecule has 1 heterocycles. The van der Waals surface area contributed by atoms with Gasteiger partial charge in [-0.05, 0) is 16.6 Å². The van der Waals surface area contributed by atoms with Gasteiger partial charge in [-0.3, -0.25) is 4.79 Å². The second-order valence-corrected chi connectivity index (χ2v) is 5.69. The van der Waals surface area contributed by atoms with Crippen molar-refractivity contribution in [1.29, 1.82) is 0 Å². The fourth-order valence-electron chi connectivity index (χ4n) is 1.94. The molecule has 0 aliphatic heterocycles. The fraction of sp³-hybridized carbons (Fsp3) is 0.188. The summed E-state index contributed by atoms with van der Waals surface area (Å²) in [5.41, 5.74) is 0.0165. The summed E-state index contributed by atoms with van der Waals surface area (Å²) in [6, 6.07) is 8.90. The number of ether oxygens (including phenoxy) is 1. The van der Waals surface area contributed by atoms with E-state index in [-0.39, 0.29) is 50.0 Å². The van der Waals surface area contributed by atoms with Gasteiger partial charge in [-0.25, -0.2) is 8.78 Å². The van der Waals surface area contributed by atoms with Crippen LogP contribution in [0.1, 0.15) is 0 Å². The number of benzene rings is 1. The van der Waals surface area contributed by atoms with Crippen LogP contribution >= 0.6 is 27.5 Å². The average molecular weight is 491 g/mol. The molecule has 8 heteroatoms. The van der Waals surface area contributed by atoms with E-state index in [0.29, 0.717) is 15.8 Å². The maximum absolute atomic E-state index is 12.8. The Labute approximate surface area is 176 Å². The van der Waals surface area contributed by atoms with Crippen LogP contribution in [-0.4, -0.2) is 17.6 Å². The van der Waals surface area contributed by atoms with Crippen molar-refractivity contribution in [3.8, 4) is 29.4 Å². The molecule has 0 unspecified atom stereocenters. The van der Waals surface area contributed by atoms with Crippen LogP contribution in [0.15, 0.2) is 33.5 Å². The zero-order valence-corrected chi connectivity index (χ0v) is 17.4. The molecule has 1 radical (unpaired) electrons. The predicted molar refractivity (Wildman–Crippen MR) is 88.0 cm³/mol. The number of alkyl halides is 2. The van der Waals surface area contributed by atoms with Crippen molar-refractivity contribution in [2.24, 2.45) is 0 Å². The first-order valence-corrected chi connectivity index (χ1v) is 7.56. The molecule has 2 aromatic rings. The van der Waals surface area contributed by atoms with E-state index < -0.39 is 18.5 Å². The quantitative estimate of drug-likeness (QED) is 0.469. The van der Waals surface area contributed by atoms with Crippen LogP contribution in [0.25, 0.3) is 11.3 Å². The van der Waals surface area contributed by atoms with Crippen LogP contribution in [0.5, 0.6) is 5.75 Å². The minimum Gasteiger partial charge on any atom is -0.481 e. The third-order valence-corrected chi connectivity index (χ3v) is 3.82. The zero-order chi connectivity index (χ0) is 17.0. The van der Waals surface area contributed by atoms with E-state index >= 15 is 0 Å². The number of aromatic nitrogens is 1. The van der Waals surface area contributed by atoms with Gasteiger partial charge in [0.05, 0.1) is 6.54 Å². The number of hydrogen-bond acceptors (Lipinski definition) is 2. The summed E-state index contributed by atoms with van der Waals surface area (Å²) < 4.78 is 32.3. The van der Waals surface area contributed by atoms with Gasteiger partial charge < -0.3 is 9.30 Å². The molecule has 0 N–H and O–H groups in total. The third-order valence-electron chi connectivity index (χ3n) is 2.89. The summed E-state index contributed by atoms with van der Waals surface area (Å²) in [5, 5.41) is -0.167. The molecule has 0 bridgehead atoms. The monoisotopic (exact) mass is 489 g/mol. The number of hydrogen-bond donors (Lipinski definition) is 0. The second kappa shape index (κ2) is 9.67. The van der Waals surface area contributed by atoms with E-state index in [2.05, 4.69) is 27.9 Å². The van der Waals surface area contributed by atoms with Gasteiger partial charge in [0.25, 0.3) is 6.43 Å². The van der Waals surface area contributed by atoms with Crippen molar-refractivity contribution >= 4 is 27.5 Å². The van der Waals surface area contributed by atoms with E-state index in [1.54, 1.807) is 18.2 Å². The molecule has 2 rings (SSSR count). The van der Waals surface area contributed by atoms with Gasteiger partial charge in [-0.15, -0.1) is 12.5 Å². The van der Waals surface area contributed by atoms with Gasteiger partial charge in [-0.1, -0.05) is 33.1 Å². The molecular formula is C16H10BrClF2NO2Y-. The number of nitrogens with zero attached hydrogens (tertiary/aromatic N) is 1.